The molecule has 1 N–H and O–H groups in total. The molecule has 4 rings (SSSR count). The third-order valence-corrected chi connectivity index (χ3v) is 5.64. The third-order valence-electron chi connectivity index (χ3n) is 5.64. The van der Waals surface area contributed by atoms with Gasteiger partial charge in [0.05, 0.1) is 12.5 Å². The molecule has 1 unspecified atom stereocenters. The fourth-order valence-electron chi connectivity index (χ4n) is 4.19. The van der Waals surface area contributed by atoms with E-state index in [0.717, 1.165) is 62.4 Å². The summed E-state index contributed by atoms with van der Waals surface area (Å²) in [4.78, 5) is 24.7. The van der Waals surface area contributed by atoms with Crippen LogP contribution in [0.1, 0.15) is 30.5 Å². The summed E-state index contributed by atoms with van der Waals surface area (Å²) in [5.41, 5.74) is 3.50. The number of aromatic nitrogens is 2. The molecule has 1 aromatic carbocycles. The summed E-state index contributed by atoms with van der Waals surface area (Å²) in [6.45, 7) is 2.77. The average molecular weight is 380 g/mol. The Morgan fingerprint density at radius 3 is 2.89 bits per heavy atom. The number of methoxy groups -OCH3 is 1. The molecule has 6 nitrogen and oxygen atoms in total. The number of ether oxygens (including phenoxy) is 1. The molecule has 28 heavy (non-hydrogen) atoms. The first kappa shape index (κ1) is 18.9. The molecule has 1 aliphatic carbocycles. The molecule has 1 atom stereocenters. The first-order chi connectivity index (χ1) is 13.8. The van der Waals surface area contributed by atoms with E-state index >= 15 is 0 Å². The number of fused-ring (bicyclic) bond motifs is 1. The van der Waals surface area contributed by atoms with Crippen molar-refractivity contribution in [2.24, 2.45) is 5.92 Å². The van der Waals surface area contributed by atoms with E-state index in [2.05, 4.69) is 22.3 Å². The smallest absolute Gasteiger partial charge is 0.224 e. The van der Waals surface area contributed by atoms with E-state index in [0.29, 0.717) is 13.2 Å². The normalized spacial score (nSPS) is 18.8. The van der Waals surface area contributed by atoms with Crippen LogP contribution in [0.5, 0.6) is 0 Å². The highest BCUT2D eigenvalue weighted by Gasteiger charge is 2.30. The van der Waals surface area contributed by atoms with Crippen LogP contribution in [0.2, 0.25) is 0 Å². The largest absolute Gasteiger partial charge is 0.383 e. The number of carbonyl (C=O) groups is 1. The van der Waals surface area contributed by atoms with Gasteiger partial charge in [0.1, 0.15) is 5.82 Å². The summed E-state index contributed by atoms with van der Waals surface area (Å²) >= 11 is 0. The van der Waals surface area contributed by atoms with Gasteiger partial charge in [-0.25, -0.2) is 9.97 Å². The summed E-state index contributed by atoms with van der Waals surface area (Å²) in [6, 6.07) is 10.2. The Balaban J connectivity index is 1.58. The zero-order chi connectivity index (χ0) is 19.3. The molecule has 1 saturated heterocycles. The van der Waals surface area contributed by atoms with Crippen molar-refractivity contribution in [3.63, 3.8) is 0 Å². The van der Waals surface area contributed by atoms with Gasteiger partial charge in [-0.15, -0.1) is 0 Å². The van der Waals surface area contributed by atoms with Crippen LogP contribution in [-0.2, 0) is 22.4 Å². The van der Waals surface area contributed by atoms with Crippen molar-refractivity contribution in [3.05, 3.63) is 41.6 Å². The summed E-state index contributed by atoms with van der Waals surface area (Å²) in [5.74, 6) is 1.95. The first-order valence-corrected chi connectivity index (χ1v) is 10.2. The quantitative estimate of drug-likeness (QED) is 0.781. The Bertz CT molecular complexity index is 825. The molecule has 148 valence electrons. The van der Waals surface area contributed by atoms with Crippen molar-refractivity contribution in [2.75, 3.05) is 38.3 Å². The minimum atomic E-state index is -0.00204. The number of rotatable bonds is 6. The van der Waals surface area contributed by atoms with Gasteiger partial charge in [0.2, 0.25) is 5.91 Å². The number of hydrogen-bond acceptors (Lipinski definition) is 5. The van der Waals surface area contributed by atoms with Crippen molar-refractivity contribution in [3.8, 4) is 11.4 Å². The van der Waals surface area contributed by atoms with Gasteiger partial charge in [0.25, 0.3) is 0 Å². The number of carbonyl (C=O) groups excluding carboxylic acids is 1. The van der Waals surface area contributed by atoms with Gasteiger partial charge in [-0.3, -0.25) is 4.79 Å². The highest BCUT2D eigenvalue weighted by molar-refractivity contribution is 5.79. The number of hydrogen-bond donors (Lipinski definition) is 1. The second kappa shape index (κ2) is 8.69. The molecular weight excluding hydrogens is 352 g/mol. The lowest BCUT2D eigenvalue weighted by molar-refractivity contribution is -0.125. The minimum absolute atomic E-state index is 0.00204. The van der Waals surface area contributed by atoms with Gasteiger partial charge >= 0.3 is 0 Å². The van der Waals surface area contributed by atoms with Gasteiger partial charge in [-0.1, -0.05) is 30.3 Å². The van der Waals surface area contributed by atoms with Crippen LogP contribution < -0.4 is 10.2 Å². The van der Waals surface area contributed by atoms with Crippen LogP contribution in [0.4, 0.5) is 5.82 Å². The number of amides is 1. The van der Waals surface area contributed by atoms with Crippen LogP contribution in [0, 0.1) is 5.92 Å². The average Bonchev–Trinajstić information content (AvgIpc) is 3.22. The number of nitrogens with zero attached hydrogens (tertiary/aromatic N) is 3. The van der Waals surface area contributed by atoms with Crippen molar-refractivity contribution in [1.82, 2.24) is 15.3 Å². The zero-order valence-electron chi connectivity index (χ0n) is 16.5. The molecule has 0 spiro atoms. The standard InChI is InChI=1S/C22H28N4O2/c1-28-14-12-23-22(27)17-9-6-13-26(15-17)21-18-10-5-11-19(18)24-20(25-21)16-7-3-2-4-8-16/h2-4,7-8,17H,5-6,9-15H2,1H3,(H,23,27). The number of anilines is 1. The van der Waals surface area contributed by atoms with Crippen LogP contribution >= 0.6 is 0 Å². The maximum absolute atomic E-state index is 12.5. The molecule has 1 fully saturated rings. The van der Waals surface area contributed by atoms with E-state index in [1.807, 2.05) is 18.2 Å². The van der Waals surface area contributed by atoms with E-state index in [-0.39, 0.29) is 11.8 Å². The lowest BCUT2D eigenvalue weighted by Crippen LogP contribution is -2.44. The lowest BCUT2D eigenvalue weighted by Gasteiger charge is -2.34. The van der Waals surface area contributed by atoms with Crippen LogP contribution in [0.3, 0.4) is 0 Å². The fourth-order valence-corrected chi connectivity index (χ4v) is 4.19. The topological polar surface area (TPSA) is 67.3 Å². The SMILES string of the molecule is COCCNC(=O)C1CCCN(c2nc(-c3ccccc3)nc3c2CCC3)C1. The van der Waals surface area contributed by atoms with Gasteiger partial charge in [0.15, 0.2) is 5.82 Å². The molecule has 1 aromatic heterocycles. The molecule has 2 aromatic rings. The van der Waals surface area contributed by atoms with Gasteiger partial charge in [-0.2, -0.15) is 0 Å². The maximum atomic E-state index is 12.5. The Morgan fingerprint density at radius 1 is 1.21 bits per heavy atom. The first-order valence-electron chi connectivity index (χ1n) is 10.2. The monoisotopic (exact) mass is 380 g/mol. The van der Waals surface area contributed by atoms with E-state index in [1.54, 1.807) is 7.11 Å². The number of piperidine rings is 1. The molecular formula is C22H28N4O2. The minimum Gasteiger partial charge on any atom is -0.383 e. The predicted octanol–water partition coefficient (Wildman–Crippen LogP) is 2.61. The number of benzene rings is 1. The maximum Gasteiger partial charge on any atom is 0.224 e. The van der Waals surface area contributed by atoms with Crippen molar-refractivity contribution < 1.29 is 9.53 Å². The van der Waals surface area contributed by atoms with E-state index in [9.17, 15) is 4.79 Å². The molecule has 0 saturated carbocycles. The summed E-state index contributed by atoms with van der Waals surface area (Å²) in [6.07, 6.45) is 5.10. The Kier molecular flexibility index (Phi) is 5.86. The van der Waals surface area contributed by atoms with Gasteiger partial charge in [-0.05, 0) is 32.1 Å². The Hall–Kier alpha value is -2.47. The van der Waals surface area contributed by atoms with Crippen LogP contribution in [0.15, 0.2) is 30.3 Å². The van der Waals surface area contributed by atoms with E-state index < -0.39 is 0 Å². The van der Waals surface area contributed by atoms with E-state index in [4.69, 9.17) is 14.7 Å². The molecule has 0 radical (unpaired) electrons. The van der Waals surface area contributed by atoms with Gasteiger partial charge < -0.3 is 15.0 Å². The second-order valence-electron chi connectivity index (χ2n) is 7.58. The predicted molar refractivity (Wildman–Crippen MR) is 109 cm³/mol. The van der Waals surface area contributed by atoms with Gasteiger partial charge in [0, 0.05) is 43.6 Å². The number of aryl methyl sites for hydroxylation is 1. The fraction of sp³-hybridized carbons (Fsp3) is 0.500. The molecule has 1 aliphatic heterocycles. The summed E-state index contributed by atoms with van der Waals surface area (Å²) in [7, 11) is 1.65. The summed E-state index contributed by atoms with van der Waals surface area (Å²) in [5, 5.41) is 2.99. The zero-order valence-corrected chi connectivity index (χ0v) is 16.5. The highest BCUT2D eigenvalue weighted by atomic mass is 16.5. The molecule has 1 amide bonds. The Labute approximate surface area is 166 Å². The van der Waals surface area contributed by atoms with Crippen molar-refractivity contribution in [2.45, 2.75) is 32.1 Å². The van der Waals surface area contributed by atoms with Crippen molar-refractivity contribution >= 4 is 11.7 Å². The van der Waals surface area contributed by atoms with Crippen LogP contribution in [0.25, 0.3) is 11.4 Å². The molecule has 2 heterocycles. The molecule has 2 aliphatic rings. The number of nitrogens with one attached hydrogen (secondary N) is 1. The Morgan fingerprint density at radius 2 is 2.07 bits per heavy atom. The van der Waals surface area contributed by atoms with E-state index in [1.165, 1.54) is 11.3 Å². The second-order valence-corrected chi connectivity index (χ2v) is 7.58. The lowest BCUT2D eigenvalue weighted by atomic mass is 9.96. The molecule has 0 bridgehead atoms. The highest BCUT2D eigenvalue weighted by Crippen LogP contribution is 2.33. The third kappa shape index (κ3) is 4.02. The van der Waals surface area contributed by atoms with Crippen molar-refractivity contribution in [1.29, 1.82) is 0 Å². The summed E-state index contributed by atoms with van der Waals surface area (Å²) < 4.78 is 5.03. The molecule has 6 heteroatoms. The van der Waals surface area contributed by atoms with Crippen LogP contribution in [-0.4, -0.2) is 49.2 Å².